The molecule has 6 nitrogen and oxygen atoms in total. The Bertz CT molecular complexity index is 973. The minimum absolute atomic E-state index is 0.163. The molecule has 1 amide bonds. The van der Waals surface area contributed by atoms with Gasteiger partial charge in [0.15, 0.2) is 11.6 Å². The van der Waals surface area contributed by atoms with Crippen LogP contribution in [-0.4, -0.2) is 29.0 Å². The molecule has 0 unspecified atom stereocenters. The van der Waals surface area contributed by atoms with Crippen molar-refractivity contribution in [2.75, 3.05) is 28.6 Å². The van der Waals surface area contributed by atoms with Crippen LogP contribution in [0.5, 0.6) is 0 Å². The average molecular weight is 397 g/mol. The molecular formula is C21H21F2N5O. The van der Waals surface area contributed by atoms with E-state index in [9.17, 15) is 13.6 Å². The Morgan fingerprint density at radius 2 is 1.55 bits per heavy atom. The summed E-state index contributed by atoms with van der Waals surface area (Å²) in [7, 11) is 0. The highest BCUT2D eigenvalue weighted by Gasteiger charge is 2.09. The lowest BCUT2D eigenvalue weighted by Crippen LogP contribution is -2.21. The number of carbonyl (C=O) groups is 1. The van der Waals surface area contributed by atoms with E-state index in [-0.39, 0.29) is 17.4 Å². The normalized spacial score (nSPS) is 10.5. The molecule has 3 rings (SSSR count). The van der Waals surface area contributed by atoms with Crippen molar-refractivity contribution in [3.05, 3.63) is 72.1 Å². The molecule has 1 aromatic heterocycles. The first-order chi connectivity index (χ1) is 14.0. The number of nitrogens with one attached hydrogen (secondary N) is 2. The Morgan fingerprint density at radius 3 is 2.14 bits per heavy atom. The van der Waals surface area contributed by atoms with E-state index in [1.54, 1.807) is 0 Å². The lowest BCUT2D eigenvalue weighted by Gasteiger charge is -2.21. The smallest absolute Gasteiger partial charge is 0.258 e. The predicted molar refractivity (Wildman–Crippen MR) is 110 cm³/mol. The molecule has 8 heteroatoms. The van der Waals surface area contributed by atoms with E-state index in [0.717, 1.165) is 30.9 Å². The third kappa shape index (κ3) is 5.04. The van der Waals surface area contributed by atoms with Gasteiger partial charge in [-0.2, -0.15) is 0 Å². The Kier molecular flexibility index (Phi) is 6.33. The fraction of sp³-hybridized carbons (Fsp3) is 0.190. The van der Waals surface area contributed by atoms with Gasteiger partial charge in [0, 0.05) is 48.6 Å². The van der Waals surface area contributed by atoms with Crippen molar-refractivity contribution in [2.45, 2.75) is 13.8 Å². The summed E-state index contributed by atoms with van der Waals surface area (Å²) in [6, 6.07) is 11.0. The molecular weight excluding hydrogens is 376 g/mol. The zero-order chi connectivity index (χ0) is 20.8. The molecule has 0 aliphatic carbocycles. The van der Waals surface area contributed by atoms with Crippen molar-refractivity contribution in [1.82, 2.24) is 9.97 Å². The van der Waals surface area contributed by atoms with Gasteiger partial charge in [-0.15, -0.1) is 0 Å². The van der Waals surface area contributed by atoms with E-state index in [0.29, 0.717) is 11.4 Å². The quantitative estimate of drug-likeness (QED) is 0.610. The average Bonchev–Trinajstić information content (AvgIpc) is 2.73. The molecule has 3 aromatic rings. The number of nitrogens with zero attached hydrogens (tertiary/aromatic N) is 3. The fourth-order valence-corrected chi connectivity index (χ4v) is 2.76. The Balaban J connectivity index is 1.63. The number of benzene rings is 2. The van der Waals surface area contributed by atoms with Crippen LogP contribution < -0.4 is 15.5 Å². The van der Waals surface area contributed by atoms with Gasteiger partial charge in [0.25, 0.3) is 5.91 Å². The van der Waals surface area contributed by atoms with Crippen molar-refractivity contribution in [3.63, 3.8) is 0 Å². The van der Waals surface area contributed by atoms with Crippen LogP contribution in [0.15, 0.2) is 54.9 Å². The van der Waals surface area contributed by atoms with Crippen molar-refractivity contribution >= 4 is 28.9 Å². The third-order valence-electron chi connectivity index (χ3n) is 4.34. The van der Waals surface area contributed by atoms with Crippen molar-refractivity contribution in [2.24, 2.45) is 0 Å². The second kappa shape index (κ2) is 9.09. The molecule has 150 valence electrons. The fourth-order valence-electron chi connectivity index (χ4n) is 2.76. The molecule has 0 aliphatic rings. The molecule has 2 N–H and O–H groups in total. The SMILES string of the molecule is CCN(CC)c1ccc(NC(=O)c2cnc(Nc3ccc(F)c(F)c3)nc2)cc1. The molecule has 1 heterocycles. The predicted octanol–water partition coefficient (Wildman–Crippen LogP) is 4.60. The number of amides is 1. The molecule has 0 saturated carbocycles. The number of aromatic nitrogens is 2. The van der Waals surface area contributed by atoms with Crippen LogP contribution in [0, 0.1) is 11.6 Å². The van der Waals surface area contributed by atoms with E-state index in [1.165, 1.54) is 18.5 Å². The van der Waals surface area contributed by atoms with Crippen LogP contribution in [0.25, 0.3) is 0 Å². The second-order valence-corrected chi connectivity index (χ2v) is 6.22. The van der Waals surface area contributed by atoms with Crippen LogP contribution in [0.1, 0.15) is 24.2 Å². The summed E-state index contributed by atoms with van der Waals surface area (Å²) in [5, 5.41) is 5.54. The number of halogens is 2. The van der Waals surface area contributed by atoms with E-state index in [4.69, 9.17) is 0 Å². The molecule has 0 atom stereocenters. The van der Waals surface area contributed by atoms with Gasteiger partial charge < -0.3 is 15.5 Å². The maximum absolute atomic E-state index is 13.3. The highest BCUT2D eigenvalue weighted by Crippen LogP contribution is 2.19. The van der Waals surface area contributed by atoms with E-state index in [2.05, 4.69) is 39.3 Å². The topological polar surface area (TPSA) is 70.2 Å². The van der Waals surface area contributed by atoms with Crippen molar-refractivity contribution in [3.8, 4) is 0 Å². The first-order valence-corrected chi connectivity index (χ1v) is 9.20. The number of carbonyl (C=O) groups excluding carboxylic acids is 1. The van der Waals surface area contributed by atoms with Crippen LogP contribution in [0.4, 0.5) is 31.8 Å². The number of hydrogen-bond acceptors (Lipinski definition) is 5. The third-order valence-corrected chi connectivity index (χ3v) is 4.34. The Hall–Kier alpha value is -3.55. The molecule has 29 heavy (non-hydrogen) atoms. The summed E-state index contributed by atoms with van der Waals surface area (Å²) in [6.07, 6.45) is 2.71. The highest BCUT2D eigenvalue weighted by atomic mass is 19.2. The number of rotatable bonds is 7. The maximum atomic E-state index is 13.3. The van der Waals surface area contributed by atoms with E-state index < -0.39 is 11.6 Å². The van der Waals surface area contributed by atoms with Gasteiger partial charge >= 0.3 is 0 Å². The van der Waals surface area contributed by atoms with Crippen LogP contribution in [-0.2, 0) is 0 Å². The summed E-state index contributed by atoms with van der Waals surface area (Å²) < 4.78 is 26.2. The molecule has 2 aromatic carbocycles. The number of anilines is 4. The minimum atomic E-state index is -0.974. The van der Waals surface area contributed by atoms with Gasteiger partial charge in [0.1, 0.15) is 0 Å². The Morgan fingerprint density at radius 1 is 0.931 bits per heavy atom. The van der Waals surface area contributed by atoms with E-state index in [1.807, 2.05) is 24.3 Å². The first kappa shape index (κ1) is 20.2. The molecule has 0 radical (unpaired) electrons. The maximum Gasteiger partial charge on any atom is 0.258 e. The van der Waals surface area contributed by atoms with Gasteiger partial charge in [0.05, 0.1) is 5.56 Å². The van der Waals surface area contributed by atoms with Gasteiger partial charge in [0.2, 0.25) is 5.95 Å². The van der Waals surface area contributed by atoms with Gasteiger partial charge in [-0.25, -0.2) is 18.7 Å². The minimum Gasteiger partial charge on any atom is -0.372 e. The van der Waals surface area contributed by atoms with E-state index >= 15 is 0 Å². The van der Waals surface area contributed by atoms with Crippen molar-refractivity contribution in [1.29, 1.82) is 0 Å². The molecule has 0 aliphatic heterocycles. The zero-order valence-electron chi connectivity index (χ0n) is 16.1. The van der Waals surface area contributed by atoms with Gasteiger partial charge in [-0.1, -0.05) is 0 Å². The van der Waals surface area contributed by atoms with Gasteiger partial charge in [-0.3, -0.25) is 4.79 Å². The highest BCUT2D eigenvalue weighted by molar-refractivity contribution is 6.04. The van der Waals surface area contributed by atoms with Crippen LogP contribution in [0.2, 0.25) is 0 Å². The summed E-state index contributed by atoms with van der Waals surface area (Å²) in [5.41, 5.74) is 2.32. The lowest BCUT2D eigenvalue weighted by molar-refractivity contribution is 0.102. The largest absolute Gasteiger partial charge is 0.372 e. The van der Waals surface area contributed by atoms with Crippen LogP contribution in [0.3, 0.4) is 0 Å². The zero-order valence-corrected chi connectivity index (χ0v) is 16.1. The molecule has 0 spiro atoms. The summed E-state index contributed by atoms with van der Waals surface area (Å²) in [5.74, 6) is -2.09. The van der Waals surface area contributed by atoms with Gasteiger partial charge in [-0.05, 0) is 50.2 Å². The molecule has 0 fully saturated rings. The Labute approximate surface area is 167 Å². The standard InChI is InChI=1S/C21H21F2N5O/c1-3-28(4-2)17-8-5-15(6-9-17)26-20(29)14-12-24-21(25-13-14)27-16-7-10-18(22)19(23)11-16/h5-13H,3-4H2,1-2H3,(H,26,29)(H,24,25,27). The van der Waals surface area contributed by atoms with Crippen LogP contribution >= 0.6 is 0 Å². The monoisotopic (exact) mass is 397 g/mol. The first-order valence-electron chi connectivity index (χ1n) is 9.20. The van der Waals surface area contributed by atoms with Crippen molar-refractivity contribution < 1.29 is 13.6 Å². The second-order valence-electron chi connectivity index (χ2n) is 6.22. The molecule has 0 bridgehead atoms. The summed E-state index contributed by atoms with van der Waals surface area (Å²) in [6.45, 7) is 5.99. The lowest BCUT2D eigenvalue weighted by atomic mass is 10.2. The summed E-state index contributed by atoms with van der Waals surface area (Å²) in [4.78, 5) is 22.7. The summed E-state index contributed by atoms with van der Waals surface area (Å²) >= 11 is 0. The molecule has 0 saturated heterocycles. The number of hydrogen-bond donors (Lipinski definition) is 2.